The molecular weight excluding hydrogens is 302 g/mol. The molecule has 4 rings (SSSR count). The summed E-state index contributed by atoms with van der Waals surface area (Å²) in [4.78, 5) is 0. The number of hydrogen-bond donors (Lipinski definition) is 0. The van der Waals surface area contributed by atoms with Gasteiger partial charge in [0.15, 0.2) is 0 Å². The van der Waals surface area contributed by atoms with Gasteiger partial charge in [-0.15, -0.1) is 0 Å². The van der Waals surface area contributed by atoms with Crippen molar-refractivity contribution in [2.45, 2.75) is 64.6 Å². The fourth-order valence-electron chi connectivity index (χ4n) is 4.49. The molecule has 1 heterocycles. The highest BCUT2D eigenvalue weighted by atomic mass is 19.1. The fourth-order valence-corrected chi connectivity index (χ4v) is 4.49. The van der Waals surface area contributed by atoms with Crippen molar-refractivity contribution >= 4 is 7.12 Å². The SMILES string of the molecule is CC1(C)OB(C(F)=CC2CC3(Cc4ccccc4C3)C2)OC1(C)C. The van der Waals surface area contributed by atoms with Crippen LogP contribution in [0.5, 0.6) is 0 Å². The third-order valence-electron chi connectivity index (χ3n) is 6.51. The first-order valence-electron chi connectivity index (χ1n) is 8.99. The molecule has 0 amide bonds. The predicted octanol–water partition coefficient (Wildman–Crippen LogP) is 4.67. The van der Waals surface area contributed by atoms with Gasteiger partial charge in [0.1, 0.15) is 5.73 Å². The van der Waals surface area contributed by atoms with Crippen LogP contribution < -0.4 is 0 Å². The lowest BCUT2D eigenvalue weighted by Gasteiger charge is -2.44. The van der Waals surface area contributed by atoms with Crippen LogP contribution in [0.1, 0.15) is 51.7 Å². The molecule has 24 heavy (non-hydrogen) atoms. The van der Waals surface area contributed by atoms with Gasteiger partial charge in [0.25, 0.3) is 0 Å². The number of allylic oxidation sites excluding steroid dienone is 1. The highest BCUT2D eigenvalue weighted by Gasteiger charge is 2.54. The molecule has 3 aliphatic rings. The van der Waals surface area contributed by atoms with E-state index < -0.39 is 18.3 Å². The van der Waals surface area contributed by atoms with Gasteiger partial charge >= 0.3 is 7.12 Å². The van der Waals surface area contributed by atoms with Crippen LogP contribution in [0.3, 0.4) is 0 Å². The van der Waals surface area contributed by atoms with Crippen molar-refractivity contribution in [1.82, 2.24) is 0 Å². The number of benzene rings is 1. The maximum absolute atomic E-state index is 14.6. The Kier molecular flexibility index (Phi) is 3.53. The molecule has 0 bridgehead atoms. The lowest BCUT2D eigenvalue weighted by Crippen LogP contribution is -2.41. The number of halogens is 1. The molecule has 2 fully saturated rings. The second-order valence-electron chi connectivity index (χ2n) is 8.93. The van der Waals surface area contributed by atoms with Crippen LogP contribution in [0.2, 0.25) is 0 Å². The molecule has 1 aromatic rings. The first-order valence-corrected chi connectivity index (χ1v) is 8.99. The van der Waals surface area contributed by atoms with E-state index in [0.717, 1.165) is 25.7 Å². The molecule has 1 spiro atoms. The van der Waals surface area contributed by atoms with E-state index in [-0.39, 0.29) is 5.73 Å². The smallest absolute Gasteiger partial charge is 0.398 e. The first kappa shape index (κ1) is 16.3. The summed E-state index contributed by atoms with van der Waals surface area (Å²) in [5, 5.41) is 0. The van der Waals surface area contributed by atoms with Crippen molar-refractivity contribution in [3.63, 3.8) is 0 Å². The normalized spacial score (nSPS) is 27.4. The largest absolute Gasteiger partial charge is 0.524 e. The zero-order valence-corrected chi connectivity index (χ0v) is 15.1. The van der Waals surface area contributed by atoms with Gasteiger partial charge in [-0.3, -0.25) is 0 Å². The third kappa shape index (κ3) is 2.55. The summed E-state index contributed by atoms with van der Waals surface area (Å²) in [5.74, 6) is 0.304. The van der Waals surface area contributed by atoms with E-state index in [0.29, 0.717) is 11.3 Å². The molecule has 0 atom stereocenters. The number of fused-ring (bicyclic) bond motifs is 1. The molecule has 1 aliphatic heterocycles. The molecule has 1 aromatic carbocycles. The summed E-state index contributed by atoms with van der Waals surface area (Å²) >= 11 is 0. The van der Waals surface area contributed by atoms with Crippen molar-refractivity contribution in [2.24, 2.45) is 11.3 Å². The van der Waals surface area contributed by atoms with Crippen molar-refractivity contribution in [2.75, 3.05) is 0 Å². The minimum absolute atomic E-state index is 0.260. The van der Waals surface area contributed by atoms with Gasteiger partial charge in [-0.1, -0.05) is 30.3 Å². The second-order valence-corrected chi connectivity index (χ2v) is 8.93. The van der Waals surface area contributed by atoms with Gasteiger partial charge < -0.3 is 9.31 Å². The third-order valence-corrected chi connectivity index (χ3v) is 6.51. The molecule has 0 N–H and O–H groups in total. The highest BCUT2D eigenvalue weighted by Crippen LogP contribution is 2.55. The maximum atomic E-state index is 14.6. The summed E-state index contributed by atoms with van der Waals surface area (Å²) in [5.41, 5.74) is 2.08. The van der Waals surface area contributed by atoms with Crippen molar-refractivity contribution < 1.29 is 13.7 Å². The Morgan fingerprint density at radius 3 is 2.04 bits per heavy atom. The Morgan fingerprint density at radius 2 is 1.54 bits per heavy atom. The van der Waals surface area contributed by atoms with Gasteiger partial charge in [-0.25, -0.2) is 4.39 Å². The highest BCUT2D eigenvalue weighted by molar-refractivity contribution is 6.53. The molecule has 1 saturated heterocycles. The van der Waals surface area contributed by atoms with Crippen molar-refractivity contribution in [3.05, 3.63) is 47.2 Å². The standard InChI is InChI=1S/C20H26BFO2/c1-18(2)19(3,4)24-21(23-18)17(22)9-14-10-20(11-14)12-15-7-5-6-8-16(15)13-20/h5-9,14H,10-13H2,1-4H3. The van der Waals surface area contributed by atoms with Crippen molar-refractivity contribution in [3.8, 4) is 0 Å². The van der Waals surface area contributed by atoms with E-state index in [1.807, 2.05) is 27.7 Å². The minimum atomic E-state index is -0.854. The van der Waals surface area contributed by atoms with Crippen LogP contribution in [-0.4, -0.2) is 18.3 Å². The molecule has 2 aliphatic carbocycles. The van der Waals surface area contributed by atoms with Gasteiger partial charge in [-0.2, -0.15) is 0 Å². The summed E-state index contributed by atoms with van der Waals surface area (Å²) in [6.07, 6.45) is 6.16. The quantitative estimate of drug-likeness (QED) is 0.735. The fraction of sp³-hybridized carbons (Fsp3) is 0.600. The van der Waals surface area contributed by atoms with Crippen LogP contribution >= 0.6 is 0 Å². The van der Waals surface area contributed by atoms with Gasteiger partial charge in [0.05, 0.1) is 11.2 Å². The topological polar surface area (TPSA) is 18.5 Å². The first-order chi connectivity index (χ1) is 11.2. The number of hydrogen-bond acceptors (Lipinski definition) is 2. The Bertz CT molecular complexity index is 646. The van der Waals surface area contributed by atoms with Crippen LogP contribution in [-0.2, 0) is 22.2 Å². The van der Waals surface area contributed by atoms with E-state index >= 15 is 0 Å². The molecule has 1 saturated carbocycles. The van der Waals surface area contributed by atoms with Crippen LogP contribution in [0.4, 0.5) is 4.39 Å². The van der Waals surface area contributed by atoms with E-state index in [1.54, 1.807) is 6.08 Å². The zero-order chi connectivity index (χ0) is 17.2. The molecule has 0 aromatic heterocycles. The molecule has 0 unspecified atom stereocenters. The van der Waals surface area contributed by atoms with Gasteiger partial charge in [-0.05, 0) is 75.8 Å². The average molecular weight is 328 g/mol. The summed E-state index contributed by atoms with van der Waals surface area (Å²) in [6.45, 7) is 7.81. The molecule has 0 radical (unpaired) electrons. The Morgan fingerprint density at radius 1 is 1.04 bits per heavy atom. The zero-order valence-electron chi connectivity index (χ0n) is 15.1. The van der Waals surface area contributed by atoms with E-state index in [1.165, 1.54) is 11.1 Å². The molecular formula is C20H26BFO2. The number of rotatable bonds is 2. The summed E-state index contributed by atoms with van der Waals surface area (Å²) in [6, 6.07) is 8.70. The van der Waals surface area contributed by atoms with Gasteiger partial charge in [0.2, 0.25) is 0 Å². The van der Waals surface area contributed by atoms with Crippen LogP contribution in [0.25, 0.3) is 0 Å². The minimum Gasteiger partial charge on any atom is -0.398 e. The maximum Gasteiger partial charge on any atom is 0.524 e. The predicted molar refractivity (Wildman–Crippen MR) is 94.3 cm³/mol. The summed E-state index contributed by atoms with van der Waals surface area (Å²) in [7, 11) is -0.854. The Labute approximate surface area is 144 Å². The lowest BCUT2D eigenvalue weighted by atomic mass is 9.59. The average Bonchev–Trinajstić information content (AvgIpc) is 2.93. The second kappa shape index (κ2) is 5.19. The summed E-state index contributed by atoms with van der Waals surface area (Å²) < 4.78 is 26.2. The molecule has 4 heteroatoms. The van der Waals surface area contributed by atoms with E-state index in [4.69, 9.17) is 9.31 Å². The van der Waals surface area contributed by atoms with Crippen molar-refractivity contribution in [1.29, 1.82) is 0 Å². The molecule has 2 nitrogen and oxygen atoms in total. The Hall–Kier alpha value is -1.13. The van der Waals surface area contributed by atoms with E-state index in [2.05, 4.69) is 24.3 Å². The van der Waals surface area contributed by atoms with Gasteiger partial charge in [0, 0.05) is 0 Å². The monoisotopic (exact) mass is 328 g/mol. The lowest BCUT2D eigenvalue weighted by molar-refractivity contribution is 0.00578. The van der Waals surface area contributed by atoms with E-state index in [9.17, 15) is 4.39 Å². The van der Waals surface area contributed by atoms with Crippen LogP contribution in [0.15, 0.2) is 36.1 Å². The van der Waals surface area contributed by atoms with Crippen LogP contribution in [0, 0.1) is 11.3 Å². The Balaban J connectivity index is 1.39. The molecule has 128 valence electrons.